The molecule has 0 aliphatic rings. The molecule has 0 amide bonds. The van der Waals surface area contributed by atoms with Crippen molar-refractivity contribution in [2.45, 2.75) is 46.1 Å². The van der Waals surface area contributed by atoms with E-state index in [1.165, 1.54) is 32.2 Å². The minimum atomic E-state index is 0.931. The van der Waals surface area contributed by atoms with Crippen LogP contribution in [0.15, 0.2) is 22.8 Å². The molecule has 0 saturated heterocycles. The second-order valence-electron chi connectivity index (χ2n) is 4.43. The first-order valence-corrected chi connectivity index (χ1v) is 7.39. The Morgan fingerprint density at radius 2 is 1.94 bits per heavy atom. The van der Waals surface area contributed by atoms with Gasteiger partial charge in [-0.3, -0.25) is 4.90 Å². The van der Waals surface area contributed by atoms with E-state index in [9.17, 15) is 0 Å². The molecular formula is C14H23BrN2. The molecule has 0 atom stereocenters. The lowest BCUT2D eigenvalue weighted by Crippen LogP contribution is -2.25. The lowest BCUT2D eigenvalue weighted by Gasteiger charge is -2.21. The van der Waals surface area contributed by atoms with Crippen molar-refractivity contribution in [3.63, 3.8) is 0 Å². The fourth-order valence-corrected chi connectivity index (χ4v) is 2.32. The number of nitrogens with zero attached hydrogens (tertiary/aromatic N) is 2. The van der Waals surface area contributed by atoms with E-state index in [1.54, 1.807) is 0 Å². The molecule has 96 valence electrons. The summed E-state index contributed by atoms with van der Waals surface area (Å²) in [6, 6.07) is 6.14. The number of halogens is 1. The summed E-state index contributed by atoms with van der Waals surface area (Å²) in [5.41, 5.74) is 1.16. The highest BCUT2D eigenvalue weighted by Crippen LogP contribution is 2.10. The molecule has 3 heteroatoms. The highest BCUT2D eigenvalue weighted by molar-refractivity contribution is 9.10. The predicted octanol–water partition coefficient (Wildman–Crippen LogP) is 4.25. The highest BCUT2D eigenvalue weighted by Gasteiger charge is 2.05. The van der Waals surface area contributed by atoms with Crippen molar-refractivity contribution in [1.29, 1.82) is 0 Å². The van der Waals surface area contributed by atoms with Crippen molar-refractivity contribution in [3.05, 3.63) is 28.5 Å². The minimum Gasteiger partial charge on any atom is -0.298 e. The van der Waals surface area contributed by atoms with Crippen molar-refractivity contribution >= 4 is 15.9 Å². The number of rotatable bonds is 8. The fourth-order valence-electron chi connectivity index (χ4n) is 1.94. The van der Waals surface area contributed by atoms with E-state index in [-0.39, 0.29) is 0 Å². The number of hydrogen-bond acceptors (Lipinski definition) is 2. The van der Waals surface area contributed by atoms with Gasteiger partial charge >= 0.3 is 0 Å². The Kier molecular flexibility index (Phi) is 7.45. The molecule has 1 aromatic heterocycles. The molecule has 0 aliphatic heterocycles. The SMILES string of the molecule is CCCCCN(CCC)Cc1cccc(Br)n1. The van der Waals surface area contributed by atoms with Crippen molar-refractivity contribution in [1.82, 2.24) is 9.88 Å². The van der Waals surface area contributed by atoms with Crippen LogP contribution in [0.4, 0.5) is 0 Å². The van der Waals surface area contributed by atoms with E-state index in [2.05, 4.69) is 51.8 Å². The van der Waals surface area contributed by atoms with Gasteiger partial charge in [0.25, 0.3) is 0 Å². The molecule has 0 unspecified atom stereocenters. The summed E-state index contributed by atoms with van der Waals surface area (Å²) < 4.78 is 0.931. The Hall–Kier alpha value is -0.410. The van der Waals surface area contributed by atoms with Crippen LogP contribution in [0.1, 0.15) is 45.2 Å². The molecule has 17 heavy (non-hydrogen) atoms. The van der Waals surface area contributed by atoms with E-state index in [1.807, 2.05) is 6.07 Å². The topological polar surface area (TPSA) is 16.1 Å². The lowest BCUT2D eigenvalue weighted by atomic mass is 10.2. The summed E-state index contributed by atoms with van der Waals surface area (Å²) in [7, 11) is 0. The summed E-state index contributed by atoms with van der Waals surface area (Å²) in [5, 5.41) is 0. The van der Waals surface area contributed by atoms with Crippen molar-refractivity contribution < 1.29 is 0 Å². The Balaban J connectivity index is 2.47. The van der Waals surface area contributed by atoms with Gasteiger partial charge in [0.2, 0.25) is 0 Å². The summed E-state index contributed by atoms with van der Waals surface area (Å²) in [6.07, 6.45) is 5.12. The molecule has 0 radical (unpaired) electrons. The van der Waals surface area contributed by atoms with Crippen LogP contribution in [-0.4, -0.2) is 23.0 Å². The van der Waals surface area contributed by atoms with Crippen LogP contribution in [0.5, 0.6) is 0 Å². The molecule has 0 fully saturated rings. The number of aromatic nitrogens is 1. The van der Waals surface area contributed by atoms with Gasteiger partial charge in [0.1, 0.15) is 4.60 Å². The van der Waals surface area contributed by atoms with Crippen LogP contribution < -0.4 is 0 Å². The van der Waals surface area contributed by atoms with Crippen LogP contribution in [-0.2, 0) is 6.54 Å². The molecule has 0 saturated carbocycles. The summed E-state index contributed by atoms with van der Waals surface area (Å²) in [5.74, 6) is 0. The van der Waals surface area contributed by atoms with Gasteiger partial charge in [0, 0.05) is 6.54 Å². The molecule has 2 nitrogen and oxygen atoms in total. The smallest absolute Gasteiger partial charge is 0.106 e. The standard InChI is InChI=1S/C14H23BrN2/c1-3-5-6-11-17(10-4-2)12-13-8-7-9-14(15)16-13/h7-9H,3-6,10-12H2,1-2H3. The highest BCUT2D eigenvalue weighted by atomic mass is 79.9. The maximum atomic E-state index is 4.50. The zero-order chi connectivity index (χ0) is 12.5. The first-order valence-electron chi connectivity index (χ1n) is 6.60. The largest absolute Gasteiger partial charge is 0.298 e. The van der Waals surface area contributed by atoms with Gasteiger partial charge in [0.15, 0.2) is 0 Å². The Bertz CT molecular complexity index is 315. The molecule has 0 aliphatic carbocycles. The normalized spacial score (nSPS) is 11.1. The summed E-state index contributed by atoms with van der Waals surface area (Å²) >= 11 is 3.43. The monoisotopic (exact) mass is 298 g/mol. The van der Waals surface area contributed by atoms with E-state index in [4.69, 9.17) is 0 Å². The van der Waals surface area contributed by atoms with Crippen LogP contribution in [0.25, 0.3) is 0 Å². The third-order valence-electron chi connectivity index (χ3n) is 2.78. The molecule has 1 aromatic rings. The van der Waals surface area contributed by atoms with E-state index in [0.29, 0.717) is 0 Å². The first kappa shape index (κ1) is 14.7. The minimum absolute atomic E-state index is 0.931. The number of unbranched alkanes of at least 4 members (excludes halogenated alkanes) is 2. The average Bonchev–Trinajstić information content (AvgIpc) is 2.29. The third-order valence-corrected chi connectivity index (χ3v) is 3.22. The maximum Gasteiger partial charge on any atom is 0.106 e. The van der Waals surface area contributed by atoms with E-state index in [0.717, 1.165) is 23.4 Å². The molecule has 0 aromatic carbocycles. The number of pyridine rings is 1. The van der Waals surface area contributed by atoms with Crippen LogP contribution in [0, 0.1) is 0 Å². The van der Waals surface area contributed by atoms with Crippen LogP contribution in [0.2, 0.25) is 0 Å². The van der Waals surface area contributed by atoms with Crippen LogP contribution in [0.3, 0.4) is 0 Å². The van der Waals surface area contributed by atoms with E-state index < -0.39 is 0 Å². The fraction of sp³-hybridized carbons (Fsp3) is 0.643. The second kappa shape index (κ2) is 8.65. The van der Waals surface area contributed by atoms with Gasteiger partial charge in [-0.1, -0.05) is 32.8 Å². The quantitative estimate of drug-likeness (QED) is 0.527. The van der Waals surface area contributed by atoms with Gasteiger partial charge < -0.3 is 0 Å². The first-order chi connectivity index (χ1) is 8.26. The average molecular weight is 299 g/mol. The van der Waals surface area contributed by atoms with Crippen molar-refractivity contribution in [3.8, 4) is 0 Å². The van der Waals surface area contributed by atoms with Gasteiger partial charge in [-0.05, 0) is 54.0 Å². The summed E-state index contributed by atoms with van der Waals surface area (Å²) in [6.45, 7) is 7.81. The third kappa shape index (κ3) is 6.18. The van der Waals surface area contributed by atoms with Gasteiger partial charge in [-0.15, -0.1) is 0 Å². The van der Waals surface area contributed by atoms with Gasteiger partial charge in [-0.25, -0.2) is 4.98 Å². The maximum absolute atomic E-state index is 4.50. The zero-order valence-corrected chi connectivity index (χ0v) is 12.5. The predicted molar refractivity (Wildman–Crippen MR) is 77.0 cm³/mol. The molecule has 1 heterocycles. The van der Waals surface area contributed by atoms with E-state index >= 15 is 0 Å². The van der Waals surface area contributed by atoms with Crippen LogP contribution >= 0.6 is 15.9 Å². The molecule has 0 bridgehead atoms. The lowest BCUT2D eigenvalue weighted by molar-refractivity contribution is 0.257. The van der Waals surface area contributed by atoms with Crippen molar-refractivity contribution in [2.75, 3.05) is 13.1 Å². The Morgan fingerprint density at radius 1 is 1.12 bits per heavy atom. The van der Waals surface area contributed by atoms with Crippen molar-refractivity contribution in [2.24, 2.45) is 0 Å². The molecule has 0 spiro atoms. The molecule has 0 N–H and O–H groups in total. The Labute approximate surface area is 114 Å². The molecular weight excluding hydrogens is 276 g/mol. The number of hydrogen-bond donors (Lipinski definition) is 0. The Morgan fingerprint density at radius 3 is 2.59 bits per heavy atom. The van der Waals surface area contributed by atoms with Gasteiger partial charge in [-0.2, -0.15) is 0 Å². The zero-order valence-electron chi connectivity index (χ0n) is 11.0. The second-order valence-corrected chi connectivity index (χ2v) is 5.25. The molecule has 1 rings (SSSR count). The van der Waals surface area contributed by atoms with Gasteiger partial charge in [0.05, 0.1) is 5.69 Å². The summed E-state index contributed by atoms with van der Waals surface area (Å²) in [4.78, 5) is 7.00.